The average molecular weight is 284 g/mol. The van der Waals surface area contributed by atoms with Crippen molar-refractivity contribution in [3.05, 3.63) is 0 Å². The molecule has 3 unspecified atom stereocenters. The van der Waals surface area contributed by atoms with Crippen molar-refractivity contribution in [2.24, 2.45) is 17.2 Å². The first kappa shape index (κ1) is 16.2. The molecule has 1 aliphatic carbocycles. The van der Waals surface area contributed by atoms with Crippen molar-refractivity contribution in [2.75, 3.05) is 13.2 Å². The lowest BCUT2D eigenvalue weighted by atomic mass is 9.68. The molecular weight excluding hydrogens is 252 g/mol. The zero-order valence-corrected chi connectivity index (χ0v) is 13.6. The molecule has 0 bridgehead atoms. The first-order valence-electron chi connectivity index (χ1n) is 8.13. The third kappa shape index (κ3) is 3.35. The lowest BCUT2D eigenvalue weighted by molar-refractivity contribution is -0.157. The maximum absolute atomic E-state index is 6.05. The number of rotatable bonds is 5. The molecule has 0 aromatic rings. The molecule has 4 nitrogen and oxygen atoms in total. The Balaban J connectivity index is 2.08. The zero-order valence-electron chi connectivity index (χ0n) is 13.6. The molecule has 0 amide bonds. The SMILES string of the molecule is CCOC(C(NN)C1CCOC2(CCC2)C1)C(C)(C)C. The molecule has 0 aromatic heterocycles. The van der Waals surface area contributed by atoms with E-state index in [-0.39, 0.29) is 23.2 Å². The largest absolute Gasteiger partial charge is 0.376 e. The van der Waals surface area contributed by atoms with Crippen LogP contribution in [0.1, 0.15) is 59.8 Å². The van der Waals surface area contributed by atoms with Crippen molar-refractivity contribution >= 4 is 0 Å². The number of ether oxygens (including phenoxy) is 2. The van der Waals surface area contributed by atoms with Gasteiger partial charge in [-0.1, -0.05) is 20.8 Å². The van der Waals surface area contributed by atoms with Gasteiger partial charge in [0, 0.05) is 13.2 Å². The van der Waals surface area contributed by atoms with Gasteiger partial charge in [-0.2, -0.15) is 0 Å². The van der Waals surface area contributed by atoms with E-state index in [1.165, 1.54) is 19.3 Å². The Labute approximate surface area is 123 Å². The summed E-state index contributed by atoms with van der Waals surface area (Å²) < 4.78 is 12.1. The molecule has 1 saturated carbocycles. The second-order valence-electron chi connectivity index (χ2n) is 7.57. The maximum atomic E-state index is 6.05. The lowest BCUT2D eigenvalue weighted by Gasteiger charge is -2.50. The normalized spacial score (nSPS) is 28.9. The summed E-state index contributed by atoms with van der Waals surface area (Å²) in [6, 6.07) is 0.205. The number of nitrogens with one attached hydrogen (secondary N) is 1. The van der Waals surface area contributed by atoms with Crippen LogP contribution in [0.2, 0.25) is 0 Å². The van der Waals surface area contributed by atoms with Crippen molar-refractivity contribution in [1.82, 2.24) is 5.43 Å². The van der Waals surface area contributed by atoms with Gasteiger partial charge in [-0.15, -0.1) is 0 Å². The third-order valence-corrected chi connectivity index (χ3v) is 5.02. The van der Waals surface area contributed by atoms with Crippen LogP contribution in [0.15, 0.2) is 0 Å². The molecule has 20 heavy (non-hydrogen) atoms. The van der Waals surface area contributed by atoms with Crippen LogP contribution in [0.3, 0.4) is 0 Å². The highest BCUT2D eigenvalue weighted by Crippen LogP contribution is 2.46. The predicted octanol–water partition coefficient (Wildman–Crippen LogP) is 2.62. The standard InChI is InChI=1S/C16H32N2O2/c1-5-19-14(15(2,3)4)13(18-17)12-7-10-20-16(11-12)8-6-9-16/h12-14,18H,5-11,17H2,1-4H3. The van der Waals surface area contributed by atoms with E-state index in [0.29, 0.717) is 5.92 Å². The Morgan fingerprint density at radius 3 is 2.55 bits per heavy atom. The Hall–Kier alpha value is -0.160. The molecule has 118 valence electrons. The van der Waals surface area contributed by atoms with Gasteiger partial charge in [0.05, 0.1) is 17.7 Å². The third-order valence-electron chi connectivity index (χ3n) is 5.02. The molecule has 2 rings (SSSR count). The molecule has 4 heteroatoms. The summed E-state index contributed by atoms with van der Waals surface area (Å²) in [5.41, 5.74) is 3.31. The smallest absolute Gasteiger partial charge is 0.0792 e. The van der Waals surface area contributed by atoms with E-state index in [0.717, 1.165) is 26.1 Å². The van der Waals surface area contributed by atoms with E-state index >= 15 is 0 Å². The molecule has 3 N–H and O–H groups in total. The summed E-state index contributed by atoms with van der Waals surface area (Å²) in [4.78, 5) is 0. The topological polar surface area (TPSA) is 56.5 Å². The van der Waals surface area contributed by atoms with Crippen molar-refractivity contribution in [1.29, 1.82) is 0 Å². The first-order valence-corrected chi connectivity index (χ1v) is 8.13. The Bertz CT molecular complexity index is 310. The molecule has 1 spiro atoms. The van der Waals surface area contributed by atoms with Crippen molar-refractivity contribution < 1.29 is 9.47 Å². The molecule has 3 atom stereocenters. The fourth-order valence-corrected chi connectivity index (χ4v) is 3.83. The number of hydrazine groups is 1. The van der Waals surface area contributed by atoms with Gasteiger partial charge in [0.25, 0.3) is 0 Å². The monoisotopic (exact) mass is 284 g/mol. The molecule has 2 fully saturated rings. The van der Waals surface area contributed by atoms with Gasteiger partial charge < -0.3 is 9.47 Å². The number of nitrogens with two attached hydrogens (primary N) is 1. The second kappa shape index (κ2) is 6.30. The molecule has 0 radical (unpaired) electrons. The summed E-state index contributed by atoms with van der Waals surface area (Å²) in [5, 5.41) is 0. The van der Waals surface area contributed by atoms with Gasteiger partial charge in [0.1, 0.15) is 0 Å². The van der Waals surface area contributed by atoms with Gasteiger partial charge in [0.2, 0.25) is 0 Å². The van der Waals surface area contributed by atoms with Crippen molar-refractivity contribution in [2.45, 2.75) is 77.5 Å². The first-order chi connectivity index (χ1) is 9.42. The molecule has 1 aliphatic heterocycles. The minimum absolute atomic E-state index is 0.0815. The summed E-state index contributed by atoms with van der Waals surface area (Å²) in [6.45, 7) is 10.4. The quantitative estimate of drug-likeness (QED) is 0.602. The Morgan fingerprint density at radius 2 is 2.10 bits per heavy atom. The molecule has 1 heterocycles. The van der Waals surface area contributed by atoms with Gasteiger partial charge in [-0.25, -0.2) is 0 Å². The van der Waals surface area contributed by atoms with E-state index in [9.17, 15) is 0 Å². The van der Waals surface area contributed by atoms with Crippen LogP contribution in [0, 0.1) is 11.3 Å². The Morgan fingerprint density at radius 1 is 1.40 bits per heavy atom. The summed E-state index contributed by atoms with van der Waals surface area (Å²) in [7, 11) is 0. The van der Waals surface area contributed by atoms with Gasteiger partial charge in [-0.3, -0.25) is 11.3 Å². The van der Waals surface area contributed by atoms with Crippen LogP contribution < -0.4 is 11.3 Å². The summed E-state index contributed by atoms with van der Waals surface area (Å²) in [6.07, 6.45) is 6.09. The zero-order chi connectivity index (χ0) is 14.8. The van der Waals surface area contributed by atoms with E-state index in [2.05, 4.69) is 33.1 Å². The van der Waals surface area contributed by atoms with Crippen LogP contribution in [0.4, 0.5) is 0 Å². The van der Waals surface area contributed by atoms with E-state index < -0.39 is 0 Å². The van der Waals surface area contributed by atoms with Crippen LogP contribution in [0.5, 0.6) is 0 Å². The van der Waals surface area contributed by atoms with Gasteiger partial charge in [0.15, 0.2) is 0 Å². The summed E-state index contributed by atoms with van der Waals surface area (Å²) >= 11 is 0. The van der Waals surface area contributed by atoms with E-state index in [4.69, 9.17) is 15.3 Å². The van der Waals surface area contributed by atoms with Crippen molar-refractivity contribution in [3.63, 3.8) is 0 Å². The second-order valence-corrected chi connectivity index (χ2v) is 7.57. The number of hydrogen-bond acceptors (Lipinski definition) is 4. The van der Waals surface area contributed by atoms with Crippen molar-refractivity contribution in [3.8, 4) is 0 Å². The van der Waals surface area contributed by atoms with E-state index in [1.807, 2.05) is 0 Å². The fraction of sp³-hybridized carbons (Fsp3) is 1.00. The molecule has 2 aliphatic rings. The summed E-state index contributed by atoms with van der Waals surface area (Å²) in [5.74, 6) is 6.45. The van der Waals surface area contributed by atoms with E-state index in [1.54, 1.807) is 0 Å². The minimum atomic E-state index is 0.0815. The van der Waals surface area contributed by atoms with Gasteiger partial charge in [-0.05, 0) is 50.4 Å². The highest BCUT2D eigenvalue weighted by Gasteiger charge is 2.47. The predicted molar refractivity (Wildman–Crippen MR) is 81.2 cm³/mol. The lowest BCUT2D eigenvalue weighted by Crippen LogP contribution is -2.58. The minimum Gasteiger partial charge on any atom is -0.376 e. The average Bonchev–Trinajstić information content (AvgIpc) is 2.36. The fourth-order valence-electron chi connectivity index (χ4n) is 3.83. The van der Waals surface area contributed by atoms with Crippen LogP contribution in [-0.4, -0.2) is 31.0 Å². The van der Waals surface area contributed by atoms with Gasteiger partial charge >= 0.3 is 0 Å². The van der Waals surface area contributed by atoms with Crippen LogP contribution in [-0.2, 0) is 9.47 Å². The highest BCUT2D eigenvalue weighted by molar-refractivity contribution is 4.99. The van der Waals surface area contributed by atoms with Crippen LogP contribution in [0.25, 0.3) is 0 Å². The highest BCUT2D eigenvalue weighted by atomic mass is 16.5. The molecule has 1 saturated heterocycles. The molecular formula is C16H32N2O2. The maximum Gasteiger partial charge on any atom is 0.0792 e. The number of hydrogen-bond donors (Lipinski definition) is 2. The molecule has 0 aromatic carbocycles. The Kier molecular flexibility index (Phi) is 5.11. The van der Waals surface area contributed by atoms with Crippen LogP contribution >= 0.6 is 0 Å².